The molecule has 0 unspecified atom stereocenters. The van der Waals surface area contributed by atoms with Gasteiger partial charge in [-0.2, -0.15) is 0 Å². The molecule has 0 atom stereocenters. The Morgan fingerprint density at radius 1 is 1.21 bits per heavy atom. The van der Waals surface area contributed by atoms with Crippen molar-refractivity contribution in [3.05, 3.63) is 71.2 Å². The molecule has 1 saturated heterocycles. The SMILES string of the molecule is CCOC(=O)c1cc(CN2CCC(c3c[nH]c4ccccc34)CC2)ccc1F. The van der Waals surface area contributed by atoms with Crippen LogP contribution in [0.4, 0.5) is 4.39 Å². The third-order valence-corrected chi connectivity index (χ3v) is 5.58. The molecule has 2 aromatic carbocycles. The summed E-state index contributed by atoms with van der Waals surface area (Å²) in [6, 6.07) is 13.2. The summed E-state index contributed by atoms with van der Waals surface area (Å²) < 4.78 is 18.9. The van der Waals surface area contributed by atoms with Gasteiger partial charge < -0.3 is 9.72 Å². The van der Waals surface area contributed by atoms with Crippen molar-refractivity contribution in [3.8, 4) is 0 Å². The number of nitrogens with one attached hydrogen (secondary N) is 1. The molecule has 1 aliphatic rings. The molecule has 4 nitrogen and oxygen atoms in total. The summed E-state index contributed by atoms with van der Waals surface area (Å²) in [5.74, 6) is -0.573. The third-order valence-electron chi connectivity index (χ3n) is 5.58. The van der Waals surface area contributed by atoms with Crippen molar-refractivity contribution < 1.29 is 13.9 Å². The molecule has 3 aromatic rings. The number of nitrogens with zero attached hydrogens (tertiary/aromatic N) is 1. The second-order valence-corrected chi connectivity index (χ2v) is 7.37. The molecule has 0 spiro atoms. The van der Waals surface area contributed by atoms with Gasteiger partial charge in [-0.05, 0) is 68.1 Å². The molecule has 5 heteroatoms. The van der Waals surface area contributed by atoms with E-state index in [2.05, 4.69) is 40.3 Å². The average Bonchev–Trinajstić information content (AvgIpc) is 3.14. The quantitative estimate of drug-likeness (QED) is 0.643. The van der Waals surface area contributed by atoms with Crippen LogP contribution < -0.4 is 0 Å². The van der Waals surface area contributed by atoms with E-state index in [0.29, 0.717) is 12.5 Å². The lowest BCUT2D eigenvalue weighted by atomic mass is 9.89. The zero-order valence-corrected chi connectivity index (χ0v) is 16.1. The summed E-state index contributed by atoms with van der Waals surface area (Å²) in [5, 5.41) is 1.32. The number of likely N-dealkylation sites (tertiary alicyclic amines) is 1. The number of aromatic amines is 1. The molecule has 4 rings (SSSR count). The molecule has 0 saturated carbocycles. The van der Waals surface area contributed by atoms with Gasteiger partial charge in [0.25, 0.3) is 0 Å². The van der Waals surface area contributed by atoms with Crippen molar-refractivity contribution in [3.63, 3.8) is 0 Å². The highest BCUT2D eigenvalue weighted by Gasteiger charge is 2.23. The summed E-state index contributed by atoms with van der Waals surface area (Å²) in [6.07, 6.45) is 4.33. The number of hydrogen-bond donors (Lipinski definition) is 1. The van der Waals surface area contributed by atoms with Crippen LogP contribution in [-0.2, 0) is 11.3 Å². The first-order valence-electron chi connectivity index (χ1n) is 9.89. The van der Waals surface area contributed by atoms with Crippen LogP contribution in [0.25, 0.3) is 10.9 Å². The van der Waals surface area contributed by atoms with Crippen LogP contribution in [0.15, 0.2) is 48.7 Å². The first-order valence-corrected chi connectivity index (χ1v) is 9.89. The molecule has 28 heavy (non-hydrogen) atoms. The smallest absolute Gasteiger partial charge is 0.341 e. The van der Waals surface area contributed by atoms with Gasteiger partial charge in [0, 0.05) is 23.6 Å². The Morgan fingerprint density at radius 3 is 2.79 bits per heavy atom. The number of ether oxygens (including phenoxy) is 1. The molecule has 1 N–H and O–H groups in total. The monoisotopic (exact) mass is 380 g/mol. The van der Waals surface area contributed by atoms with E-state index < -0.39 is 11.8 Å². The van der Waals surface area contributed by atoms with E-state index in [4.69, 9.17) is 4.74 Å². The standard InChI is InChI=1S/C23H25FN2O2/c1-2-28-23(27)19-13-16(7-8-21(19)24)15-26-11-9-17(10-12-26)20-14-25-22-6-4-3-5-18(20)22/h3-8,13-14,17,25H,2,9-12,15H2,1H3. The van der Waals surface area contributed by atoms with Crippen molar-refractivity contribution >= 4 is 16.9 Å². The van der Waals surface area contributed by atoms with Crippen LogP contribution in [-0.4, -0.2) is 35.5 Å². The summed E-state index contributed by atoms with van der Waals surface area (Å²) in [5.41, 5.74) is 3.56. The van der Waals surface area contributed by atoms with Crippen LogP contribution in [0.2, 0.25) is 0 Å². The van der Waals surface area contributed by atoms with Gasteiger partial charge in [-0.15, -0.1) is 0 Å². The fourth-order valence-corrected chi connectivity index (χ4v) is 4.13. The van der Waals surface area contributed by atoms with Gasteiger partial charge in [0.15, 0.2) is 0 Å². The summed E-state index contributed by atoms with van der Waals surface area (Å²) in [7, 11) is 0. The third kappa shape index (κ3) is 3.80. The van der Waals surface area contributed by atoms with Gasteiger partial charge in [0.05, 0.1) is 12.2 Å². The first kappa shape index (κ1) is 18.7. The summed E-state index contributed by atoms with van der Waals surface area (Å²) in [4.78, 5) is 17.7. The zero-order valence-electron chi connectivity index (χ0n) is 16.1. The van der Waals surface area contributed by atoms with Crippen molar-refractivity contribution in [2.75, 3.05) is 19.7 Å². The van der Waals surface area contributed by atoms with Crippen LogP contribution in [0.3, 0.4) is 0 Å². The second-order valence-electron chi connectivity index (χ2n) is 7.37. The Bertz CT molecular complexity index is 974. The number of aromatic nitrogens is 1. The number of carbonyl (C=O) groups is 1. The zero-order chi connectivity index (χ0) is 19.5. The van der Waals surface area contributed by atoms with E-state index in [1.807, 2.05) is 0 Å². The first-order chi connectivity index (χ1) is 13.7. The number of hydrogen-bond acceptors (Lipinski definition) is 3. The second kappa shape index (κ2) is 8.15. The van der Waals surface area contributed by atoms with Gasteiger partial charge >= 0.3 is 5.97 Å². The molecule has 1 fully saturated rings. The highest BCUT2D eigenvalue weighted by Crippen LogP contribution is 2.33. The molecule has 1 aromatic heterocycles. The van der Waals surface area contributed by atoms with Gasteiger partial charge in [-0.3, -0.25) is 4.90 Å². The summed E-state index contributed by atoms with van der Waals surface area (Å²) in [6.45, 7) is 4.64. The number of carbonyl (C=O) groups excluding carboxylic acids is 1. The lowest BCUT2D eigenvalue weighted by molar-refractivity contribution is 0.0520. The summed E-state index contributed by atoms with van der Waals surface area (Å²) >= 11 is 0. The van der Waals surface area contributed by atoms with Crippen molar-refractivity contribution in [2.24, 2.45) is 0 Å². The molecule has 1 aliphatic heterocycles. The maximum atomic E-state index is 13.9. The number of rotatable bonds is 5. The molecule has 146 valence electrons. The largest absolute Gasteiger partial charge is 0.462 e. The fourth-order valence-electron chi connectivity index (χ4n) is 4.13. The van der Waals surface area contributed by atoms with Gasteiger partial charge in [0.1, 0.15) is 5.82 Å². The Morgan fingerprint density at radius 2 is 2.00 bits per heavy atom. The number of H-pyrrole nitrogens is 1. The number of fused-ring (bicyclic) bond motifs is 1. The predicted molar refractivity (Wildman–Crippen MR) is 108 cm³/mol. The van der Waals surface area contributed by atoms with Crippen LogP contribution in [0.5, 0.6) is 0 Å². The minimum atomic E-state index is -0.597. The number of halogens is 1. The Balaban J connectivity index is 1.41. The Kier molecular flexibility index (Phi) is 5.44. The van der Waals surface area contributed by atoms with E-state index in [9.17, 15) is 9.18 Å². The maximum Gasteiger partial charge on any atom is 0.341 e. The van der Waals surface area contributed by atoms with Gasteiger partial charge in [0.2, 0.25) is 0 Å². The lowest BCUT2D eigenvalue weighted by Gasteiger charge is -2.32. The molecule has 2 heterocycles. The van der Waals surface area contributed by atoms with Crippen molar-refractivity contribution in [1.82, 2.24) is 9.88 Å². The number of para-hydroxylation sites is 1. The molecular formula is C23H25FN2O2. The highest BCUT2D eigenvalue weighted by molar-refractivity contribution is 5.89. The normalized spacial score (nSPS) is 15.8. The Labute approximate surface area is 164 Å². The molecule has 0 radical (unpaired) electrons. The fraction of sp³-hybridized carbons (Fsp3) is 0.348. The maximum absolute atomic E-state index is 13.9. The van der Waals surface area contributed by atoms with Crippen molar-refractivity contribution in [1.29, 1.82) is 0 Å². The van der Waals surface area contributed by atoms with Crippen molar-refractivity contribution in [2.45, 2.75) is 32.2 Å². The Hall–Kier alpha value is -2.66. The topological polar surface area (TPSA) is 45.3 Å². The minimum absolute atomic E-state index is 0.0213. The minimum Gasteiger partial charge on any atom is -0.462 e. The van der Waals surface area contributed by atoms with Crippen LogP contribution >= 0.6 is 0 Å². The van der Waals surface area contributed by atoms with Gasteiger partial charge in [-0.1, -0.05) is 24.3 Å². The van der Waals surface area contributed by atoms with E-state index >= 15 is 0 Å². The number of piperidine rings is 1. The predicted octanol–water partition coefficient (Wildman–Crippen LogP) is 4.86. The highest BCUT2D eigenvalue weighted by atomic mass is 19.1. The van der Waals surface area contributed by atoms with Crippen LogP contribution in [0.1, 0.15) is 47.2 Å². The molecule has 0 aliphatic carbocycles. The number of benzene rings is 2. The van der Waals surface area contributed by atoms with E-state index in [1.54, 1.807) is 19.1 Å². The molecular weight excluding hydrogens is 355 g/mol. The number of esters is 1. The van der Waals surface area contributed by atoms with E-state index in [1.165, 1.54) is 22.5 Å². The lowest BCUT2D eigenvalue weighted by Crippen LogP contribution is -2.32. The van der Waals surface area contributed by atoms with Gasteiger partial charge in [-0.25, -0.2) is 9.18 Å². The van der Waals surface area contributed by atoms with E-state index in [-0.39, 0.29) is 12.2 Å². The molecule has 0 amide bonds. The molecule has 0 bridgehead atoms. The average molecular weight is 380 g/mol. The van der Waals surface area contributed by atoms with E-state index in [0.717, 1.165) is 31.5 Å². The van der Waals surface area contributed by atoms with Crippen LogP contribution in [0, 0.1) is 5.82 Å².